The van der Waals surface area contributed by atoms with Crippen LogP contribution in [0.15, 0.2) is 0 Å². The molecule has 0 saturated carbocycles. The number of carbonyl (C=O) groups is 2. The number of hydrogen-bond acceptors (Lipinski definition) is 4. The fourth-order valence-electron chi connectivity index (χ4n) is 2.67. The Kier molecular flexibility index (Phi) is 4.06. The van der Waals surface area contributed by atoms with Gasteiger partial charge in [0.15, 0.2) is 0 Å². The molecule has 2 amide bonds. The molecule has 102 valence electrons. The summed E-state index contributed by atoms with van der Waals surface area (Å²) >= 11 is 0. The van der Waals surface area contributed by atoms with Crippen LogP contribution in [0.25, 0.3) is 0 Å². The first-order valence-corrected chi connectivity index (χ1v) is 6.48. The molecule has 1 N–H and O–H groups in total. The second kappa shape index (κ2) is 5.56. The van der Waals surface area contributed by atoms with Crippen molar-refractivity contribution in [3.8, 4) is 0 Å². The lowest BCUT2D eigenvalue weighted by atomic mass is 10.00. The summed E-state index contributed by atoms with van der Waals surface area (Å²) < 4.78 is 4.68. The quantitative estimate of drug-likeness (QED) is 0.710. The van der Waals surface area contributed by atoms with Crippen molar-refractivity contribution in [1.82, 2.24) is 15.1 Å². The molecule has 0 bridgehead atoms. The van der Waals surface area contributed by atoms with Crippen LogP contribution in [0.5, 0.6) is 0 Å². The molecule has 18 heavy (non-hydrogen) atoms. The Hall–Kier alpha value is -1.30. The number of nitrogens with one attached hydrogen (secondary N) is 1. The van der Waals surface area contributed by atoms with E-state index in [1.165, 1.54) is 7.11 Å². The van der Waals surface area contributed by atoms with Crippen molar-refractivity contribution >= 4 is 12.0 Å². The van der Waals surface area contributed by atoms with Crippen LogP contribution < -0.4 is 5.32 Å². The van der Waals surface area contributed by atoms with Gasteiger partial charge in [-0.3, -0.25) is 4.79 Å². The summed E-state index contributed by atoms with van der Waals surface area (Å²) in [6.45, 7) is 5.31. The first-order chi connectivity index (χ1) is 8.63. The van der Waals surface area contributed by atoms with Crippen LogP contribution in [0.4, 0.5) is 4.79 Å². The predicted octanol–water partition coefficient (Wildman–Crippen LogP) is -0.105. The molecule has 2 rings (SSSR count). The number of hydrogen-bond donors (Lipinski definition) is 1. The lowest BCUT2D eigenvalue weighted by Gasteiger charge is -2.35. The van der Waals surface area contributed by atoms with Gasteiger partial charge in [0, 0.05) is 32.2 Å². The van der Waals surface area contributed by atoms with Gasteiger partial charge in [-0.05, 0) is 19.9 Å². The van der Waals surface area contributed by atoms with Gasteiger partial charge < -0.3 is 19.9 Å². The molecule has 6 nitrogen and oxygen atoms in total. The molecule has 6 heteroatoms. The maximum absolute atomic E-state index is 12.3. The summed E-state index contributed by atoms with van der Waals surface area (Å²) in [6.07, 6.45) is 0.606. The van der Waals surface area contributed by atoms with Gasteiger partial charge in [-0.2, -0.15) is 0 Å². The second-order valence-electron chi connectivity index (χ2n) is 4.92. The van der Waals surface area contributed by atoms with Crippen molar-refractivity contribution in [2.24, 2.45) is 5.92 Å². The maximum Gasteiger partial charge on any atom is 0.409 e. The van der Waals surface area contributed by atoms with Gasteiger partial charge in [0.2, 0.25) is 5.91 Å². The highest BCUT2D eigenvalue weighted by atomic mass is 16.5. The van der Waals surface area contributed by atoms with Crippen LogP contribution in [0.1, 0.15) is 13.3 Å². The minimum Gasteiger partial charge on any atom is -0.453 e. The Morgan fingerprint density at radius 1 is 1.17 bits per heavy atom. The highest BCUT2D eigenvalue weighted by Crippen LogP contribution is 2.19. The van der Waals surface area contributed by atoms with Crippen LogP contribution in [0, 0.1) is 5.92 Å². The minimum absolute atomic E-state index is 0.0923. The molecular formula is C12H21N3O3. The zero-order valence-electron chi connectivity index (χ0n) is 11.0. The fraction of sp³-hybridized carbons (Fsp3) is 0.833. The van der Waals surface area contributed by atoms with Crippen LogP contribution in [0.2, 0.25) is 0 Å². The van der Waals surface area contributed by atoms with E-state index in [0.717, 1.165) is 13.0 Å². The molecule has 0 aromatic heterocycles. The van der Waals surface area contributed by atoms with Gasteiger partial charge in [-0.1, -0.05) is 0 Å². The standard InChI is InChI=1S/C12H21N3O3/c1-9-10(3-4-13-9)11(16)14-5-7-15(8-6-14)12(17)18-2/h9-10,13H,3-8H2,1-2H3. The molecule has 0 aromatic carbocycles. The summed E-state index contributed by atoms with van der Waals surface area (Å²) in [5.41, 5.74) is 0. The van der Waals surface area contributed by atoms with Gasteiger partial charge >= 0.3 is 6.09 Å². The Bertz CT molecular complexity index is 327. The van der Waals surface area contributed by atoms with Crippen molar-refractivity contribution < 1.29 is 14.3 Å². The van der Waals surface area contributed by atoms with Crippen molar-refractivity contribution in [3.63, 3.8) is 0 Å². The lowest BCUT2D eigenvalue weighted by molar-refractivity contribution is -0.137. The minimum atomic E-state index is -0.307. The molecular weight excluding hydrogens is 234 g/mol. The molecule has 2 aliphatic heterocycles. The lowest BCUT2D eigenvalue weighted by Crippen LogP contribution is -2.52. The molecule has 2 saturated heterocycles. The number of rotatable bonds is 1. The molecule has 0 spiro atoms. The topological polar surface area (TPSA) is 61.9 Å². The SMILES string of the molecule is COC(=O)N1CCN(C(=O)C2CCNC2C)CC1. The highest BCUT2D eigenvalue weighted by Gasteiger charge is 2.34. The largest absolute Gasteiger partial charge is 0.453 e. The van der Waals surface area contributed by atoms with Gasteiger partial charge in [0.05, 0.1) is 13.0 Å². The highest BCUT2D eigenvalue weighted by molar-refractivity contribution is 5.80. The zero-order chi connectivity index (χ0) is 13.1. The normalized spacial score (nSPS) is 28.3. The van der Waals surface area contributed by atoms with Crippen LogP contribution >= 0.6 is 0 Å². The van der Waals surface area contributed by atoms with E-state index in [0.29, 0.717) is 26.2 Å². The fourth-order valence-corrected chi connectivity index (χ4v) is 2.67. The third kappa shape index (κ3) is 2.58. The van der Waals surface area contributed by atoms with Crippen LogP contribution in [-0.2, 0) is 9.53 Å². The second-order valence-corrected chi connectivity index (χ2v) is 4.92. The van der Waals surface area contributed by atoms with Crippen molar-refractivity contribution in [1.29, 1.82) is 0 Å². The number of piperazine rings is 1. The van der Waals surface area contributed by atoms with Gasteiger partial charge in [0.25, 0.3) is 0 Å². The number of ether oxygens (including phenoxy) is 1. The van der Waals surface area contributed by atoms with Crippen molar-refractivity contribution in [2.45, 2.75) is 19.4 Å². The molecule has 2 aliphatic rings. The first kappa shape index (κ1) is 13.1. The van der Waals surface area contributed by atoms with E-state index in [9.17, 15) is 9.59 Å². The van der Waals surface area contributed by atoms with Crippen molar-refractivity contribution in [2.75, 3.05) is 39.8 Å². The molecule has 0 aliphatic carbocycles. The monoisotopic (exact) mass is 255 g/mol. The molecule has 2 atom stereocenters. The van der Waals surface area contributed by atoms with E-state index in [-0.39, 0.29) is 24.0 Å². The van der Waals surface area contributed by atoms with Gasteiger partial charge in [-0.25, -0.2) is 4.79 Å². The maximum atomic E-state index is 12.3. The zero-order valence-corrected chi connectivity index (χ0v) is 11.0. The average Bonchev–Trinajstić information content (AvgIpc) is 2.83. The molecule has 0 radical (unpaired) electrons. The van der Waals surface area contributed by atoms with E-state index in [4.69, 9.17) is 0 Å². The Balaban J connectivity index is 1.86. The molecule has 2 heterocycles. The Morgan fingerprint density at radius 2 is 1.78 bits per heavy atom. The number of nitrogens with zero attached hydrogens (tertiary/aromatic N) is 2. The third-order valence-electron chi connectivity index (χ3n) is 3.87. The van der Waals surface area contributed by atoms with E-state index < -0.39 is 0 Å². The summed E-state index contributed by atoms with van der Waals surface area (Å²) in [7, 11) is 1.38. The first-order valence-electron chi connectivity index (χ1n) is 6.48. The summed E-state index contributed by atoms with van der Waals surface area (Å²) in [5, 5.41) is 3.29. The van der Waals surface area contributed by atoms with E-state index in [2.05, 4.69) is 17.0 Å². The number of carbonyl (C=O) groups excluding carboxylic acids is 2. The van der Waals surface area contributed by atoms with Crippen LogP contribution in [0.3, 0.4) is 0 Å². The van der Waals surface area contributed by atoms with Crippen molar-refractivity contribution in [3.05, 3.63) is 0 Å². The average molecular weight is 255 g/mol. The van der Waals surface area contributed by atoms with Crippen LogP contribution in [-0.4, -0.2) is 67.7 Å². The number of methoxy groups -OCH3 is 1. The third-order valence-corrected chi connectivity index (χ3v) is 3.87. The molecule has 2 fully saturated rings. The molecule has 2 unspecified atom stereocenters. The van der Waals surface area contributed by atoms with Gasteiger partial charge in [-0.15, -0.1) is 0 Å². The summed E-state index contributed by atoms with van der Waals surface area (Å²) in [5.74, 6) is 0.312. The smallest absolute Gasteiger partial charge is 0.409 e. The number of amides is 2. The van der Waals surface area contributed by atoms with Gasteiger partial charge in [0.1, 0.15) is 0 Å². The Labute approximate surface area is 107 Å². The molecule has 0 aromatic rings. The predicted molar refractivity (Wildman–Crippen MR) is 66.1 cm³/mol. The van der Waals surface area contributed by atoms with E-state index >= 15 is 0 Å². The Morgan fingerprint density at radius 3 is 2.28 bits per heavy atom. The van der Waals surface area contributed by atoms with E-state index in [1.54, 1.807) is 4.90 Å². The summed E-state index contributed by atoms with van der Waals surface area (Å²) in [6, 6.07) is 0.260. The van der Waals surface area contributed by atoms with E-state index in [1.807, 2.05) is 4.90 Å². The summed E-state index contributed by atoms with van der Waals surface area (Å²) in [4.78, 5) is 27.2.